The topological polar surface area (TPSA) is 42.1 Å². The molecule has 0 bridgehead atoms. The smallest absolute Gasteiger partial charge is 0.172 e. The van der Waals surface area contributed by atoms with E-state index in [1.165, 1.54) is 12.8 Å². The number of pyridine rings is 1. The number of benzene rings is 1. The van der Waals surface area contributed by atoms with E-state index in [-0.39, 0.29) is 5.69 Å². The minimum Gasteiger partial charge on any atom is -0.396 e. The summed E-state index contributed by atoms with van der Waals surface area (Å²) in [6, 6.07) is 5.43. The third-order valence-electron chi connectivity index (χ3n) is 3.48. The van der Waals surface area contributed by atoms with E-state index in [9.17, 15) is 4.39 Å². The molecule has 1 aromatic carbocycles. The molecule has 0 amide bonds. The van der Waals surface area contributed by atoms with Crippen LogP contribution in [0.1, 0.15) is 18.4 Å². The number of halogens is 1. The maximum absolute atomic E-state index is 13.7. The fourth-order valence-electron chi connectivity index (χ4n) is 2.51. The molecular formula is C14H16FN3. The Kier molecular flexibility index (Phi) is 2.88. The van der Waals surface area contributed by atoms with E-state index in [1.807, 2.05) is 12.1 Å². The van der Waals surface area contributed by atoms with Gasteiger partial charge in [-0.2, -0.15) is 0 Å². The van der Waals surface area contributed by atoms with Crippen molar-refractivity contribution in [2.75, 3.05) is 18.8 Å². The molecule has 0 atom stereocenters. The Hall–Kier alpha value is -1.68. The molecule has 3 rings (SSSR count). The fraction of sp³-hybridized carbons (Fsp3) is 0.357. The summed E-state index contributed by atoms with van der Waals surface area (Å²) in [4.78, 5) is 6.60. The zero-order chi connectivity index (χ0) is 12.5. The SMILES string of the molecule is Nc1ccc2cc(CN3CCCC3)cnc2c1F. The Morgan fingerprint density at radius 2 is 2.06 bits per heavy atom. The summed E-state index contributed by atoms with van der Waals surface area (Å²) in [6.45, 7) is 3.19. The van der Waals surface area contributed by atoms with Gasteiger partial charge in [0.2, 0.25) is 0 Å². The summed E-state index contributed by atoms with van der Waals surface area (Å²) in [5, 5.41) is 0.818. The maximum Gasteiger partial charge on any atom is 0.172 e. The van der Waals surface area contributed by atoms with Crippen LogP contribution in [0.25, 0.3) is 10.9 Å². The second kappa shape index (κ2) is 4.53. The first-order chi connectivity index (χ1) is 8.74. The molecule has 0 saturated carbocycles. The quantitative estimate of drug-likeness (QED) is 0.827. The molecule has 18 heavy (non-hydrogen) atoms. The summed E-state index contributed by atoms with van der Waals surface area (Å²) in [7, 11) is 0. The molecule has 4 heteroatoms. The number of nitrogens with zero attached hydrogens (tertiary/aromatic N) is 2. The minimum atomic E-state index is -0.416. The predicted octanol–water partition coefficient (Wildman–Crippen LogP) is 2.55. The van der Waals surface area contributed by atoms with Crippen LogP contribution in [0.2, 0.25) is 0 Å². The van der Waals surface area contributed by atoms with Crippen molar-refractivity contribution in [3.8, 4) is 0 Å². The van der Waals surface area contributed by atoms with Gasteiger partial charge in [-0.15, -0.1) is 0 Å². The van der Waals surface area contributed by atoms with Crippen molar-refractivity contribution in [2.45, 2.75) is 19.4 Å². The number of nitrogen functional groups attached to an aromatic ring is 1. The van der Waals surface area contributed by atoms with Crippen molar-refractivity contribution in [1.82, 2.24) is 9.88 Å². The van der Waals surface area contributed by atoms with Crippen LogP contribution >= 0.6 is 0 Å². The first-order valence-electron chi connectivity index (χ1n) is 6.29. The van der Waals surface area contributed by atoms with Crippen LogP contribution in [0.15, 0.2) is 24.4 Å². The molecule has 0 unspecified atom stereocenters. The molecule has 0 radical (unpaired) electrons. The Morgan fingerprint density at radius 1 is 1.28 bits per heavy atom. The van der Waals surface area contributed by atoms with E-state index in [0.717, 1.165) is 30.6 Å². The number of rotatable bonds is 2. The van der Waals surface area contributed by atoms with Crippen LogP contribution in [0.5, 0.6) is 0 Å². The van der Waals surface area contributed by atoms with Crippen LogP contribution < -0.4 is 5.73 Å². The third-order valence-corrected chi connectivity index (χ3v) is 3.48. The highest BCUT2D eigenvalue weighted by molar-refractivity contribution is 5.82. The number of fused-ring (bicyclic) bond motifs is 1. The van der Waals surface area contributed by atoms with Crippen LogP contribution in [-0.4, -0.2) is 23.0 Å². The van der Waals surface area contributed by atoms with E-state index < -0.39 is 5.82 Å². The van der Waals surface area contributed by atoms with E-state index >= 15 is 0 Å². The van der Waals surface area contributed by atoms with Crippen molar-refractivity contribution in [3.05, 3.63) is 35.8 Å². The normalized spacial score (nSPS) is 16.5. The van der Waals surface area contributed by atoms with E-state index in [2.05, 4.69) is 9.88 Å². The molecule has 1 aliphatic rings. The Morgan fingerprint density at radius 3 is 2.83 bits per heavy atom. The summed E-state index contributed by atoms with van der Waals surface area (Å²) < 4.78 is 13.7. The molecule has 1 aromatic heterocycles. The zero-order valence-electron chi connectivity index (χ0n) is 10.2. The average Bonchev–Trinajstić information content (AvgIpc) is 2.87. The average molecular weight is 245 g/mol. The largest absolute Gasteiger partial charge is 0.396 e. The number of likely N-dealkylation sites (tertiary alicyclic amines) is 1. The summed E-state index contributed by atoms with van der Waals surface area (Å²) in [5.41, 5.74) is 7.18. The lowest BCUT2D eigenvalue weighted by Gasteiger charge is -2.14. The molecule has 2 aromatic rings. The molecule has 1 saturated heterocycles. The van der Waals surface area contributed by atoms with Gasteiger partial charge in [-0.3, -0.25) is 9.88 Å². The molecule has 3 nitrogen and oxygen atoms in total. The van der Waals surface area contributed by atoms with Gasteiger partial charge < -0.3 is 5.73 Å². The highest BCUT2D eigenvalue weighted by atomic mass is 19.1. The molecule has 1 fully saturated rings. The van der Waals surface area contributed by atoms with E-state index in [4.69, 9.17) is 5.73 Å². The van der Waals surface area contributed by atoms with Crippen molar-refractivity contribution in [1.29, 1.82) is 0 Å². The van der Waals surface area contributed by atoms with Crippen molar-refractivity contribution >= 4 is 16.6 Å². The summed E-state index contributed by atoms with van der Waals surface area (Å²) in [6.07, 6.45) is 4.29. The van der Waals surface area contributed by atoms with Crippen molar-refractivity contribution < 1.29 is 4.39 Å². The highest BCUT2D eigenvalue weighted by Crippen LogP contribution is 2.22. The van der Waals surface area contributed by atoms with Crippen LogP contribution in [0.3, 0.4) is 0 Å². The van der Waals surface area contributed by atoms with Gasteiger partial charge in [-0.1, -0.05) is 6.07 Å². The lowest BCUT2D eigenvalue weighted by molar-refractivity contribution is 0.331. The Bertz CT molecular complexity index is 577. The van der Waals surface area contributed by atoms with Gasteiger partial charge in [0.25, 0.3) is 0 Å². The number of aromatic nitrogens is 1. The van der Waals surface area contributed by atoms with E-state index in [1.54, 1.807) is 12.3 Å². The minimum absolute atomic E-state index is 0.155. The van der Waals surface area contributed by atoms with Crippen molar-refractivity contribution in [3.63, 3.8) is 0 Å². The number of hydrogen-bond donors (Lipinski definition) is 1. The highest BCUT2D eigenvalue weighted by Gasteiger charge is 2.13. The fourth-order valence-corrected chi connectivity index (χ4v) is 2.51. The van der Waals surface area contributed by atoms with Gasteiger partial charge in [0.1, 0.15) is 5.52 Å². The van der Waals surface area contributed by atoms with Gasteiger partial charge in [0.05, 0.1) is 5.69 Å². The first-order valence-corrected chi connectivity index (χ1v) is 6.29. The standard InChI is InChI=1S/C14H16FN3/c15-13-12(16)4-3-11-7-10(8-17-14(11)13)9-18-5-1-2-6-18/h3-4,7-8H,1-2,5-6,9,16H2. The molecular weight excluding hydrogens is 229 g/mol. The van der Waals surface area contributed by atoms with Crippen LogP contribution in [0, 0.1) is 5.82 Å². The van der Waals surface area contributed by atoms with Crippen LogP contribution in [-0.2, 0) is 6.54 Å². The summed E-state index contributed by atoms with van der Waals surface area (Å²) in [5.74, 6) is -0.416. The zero-order valence-corrected chi connectivity index (χ0v) is 10.2. The number of hydrogen-bond acceptors (Lipinski definition) is 3. The Balaban J connectivity index is 1.93. The van der Waals surface area contributed by atoms with Crippen LogP contribution in [0.4, 0.5) is 10.1 Å². The van der Waals surface area contributed by atoms with E-state index in [0.29, 0.717) is 5.52 Å². The summed E-state index contributed by atoms with van der Waals surface area (Å²) >= 11 is 0. The molecule has 1 aliphatic heterocycles. The van der Waals surface area contributed by atoms with Gasteiger partial charge in [0, 0.05) is 18.1 Å². The second-order valence-corrected chi connectivity index (χ2v) is 4.87. The lowest BCUT2D eigenvalue weighted by atomic mass is 10.1. The van der Waals surface area contributed by atoms with Gasteiger partial charge in [-0.05, 0) is 43.6 Å². The predicted molar refractivity (Wildman–Crippen MR) is 70.6 cm³/mol. The molecule has 0 aliphatic carbocycles. The van der Waals surface area contributed by atoms with Gasteiger partial charge in [0.15, 0.2) is 5.82 Å². The maximum atomic E-state index is 13.7. The van der Waals surface area contributed by atoms with Gasteiger partial charge in [-0.25, -0.2) is 4.39 Å². The molecule has 0 spiro atoms. The second-order valence-electron chi connectivity index (χ2n) is 4.87. The molecule has 2 N–H and O–H groups in total. The molecule has 94 valence electrons. The molecule has 2 heterocycles. The third kappa shape index (κ3) is 2.04. The van der Waals surface area contributed by atoms with Crippen molar-refractivity contribution in [2.24, 2.45) is 0 Å². The number of anilines is 1. The van der Waals surface area contributed by atoms with Gasteiger partial charge >= 0.3 is 0 Å². The Labute approximate surface area is 105 Å². The first kappa shape index (κ1) is 11.4. The number of nitrogens with two attached hydrogens (primary N) is 1. The lowest BCUT2D eigenvalue weighted by Crippen LogP contribution is -2.18. The monoisotopic (exact) mass is 245 g/mol.